The average molecular weight is 282 g/mol. The molecule has 2 N–H and O–H groups in total. The molecule has 0 spiro atoms. The van der Waals surface area contributed by atoms with Crippen molar-refractivity contribution in [1.29, 1.82) is 0 Å². The average Bonchev–Trinajstić information content (AvgIpc) is 2.33. The van der Waals surface area contributed by atoms with E-state index in [0.29, 0.717) is 30.2 Å². The van der Waals surface area contributed by atoms with Crippen molar-refractivity contribution in [3.63, 3.8) is 0 Å². The Bertz CT molecular complexity index is 294. The zero-order valence-corrected chi connectivity index (χ0v) is 14.1. The summed E-state index contributed by atoms with van der Waals surface area (Å²) in [5.74, 6) is 2.25. The van der Waals surface area contributed by atoms with Gasteiger partial charge in [-0.2, -0.15) is 0 Å². The van der Waals surface area contributed by atoms with E-state index in [2.05, 4.69) is 39.5 Å². The second-order valence-corrected chi connectivity index (χ2v) is 7.66. The molecule has 1 aliphatic rings. The Balaban J connectivity index is 2.67. The van der Waals surface area contributed by atoms with Crippen molar-refractivity contribution in [2.45, 2.75) is 60.3 Å². The molecule has 0 heterocycles. The van der Waals surface area contributed by atoms with Gasteiger partial charge in [0.15, 0.2) is 0 Å². The summed E-state index contributed by atoms with van der Waals surface area (Å²) in [6.07, 6.45) is 4.12. The van der Waals surface area contributed by atoms with Crippen LogP contribution in [0.2, 0.25) is 0 Å². The van der Waals surface area contributed by atoms with Crippen molar-refractivity contribution in [1.82, 2.24) is 4.90 Å². The molecule has 1 aliphatic carbocycles. The molecule has 20 heavy (non-hydrogen) atoms. The third-order valence-electron chi connectivity index (χ3n) is 4.56. The van der Waals surface area contributed by atoms with Gasteiger partial charge >= 0.3 is 0 Å². The van der Waals surface area contributed by atoms with Crippen molar-refractivity contribution >= 4 is 5.91 Å². The highest BCUT2D eigenvalue weighted by atomic mass is 16.2. The normalized spacial score (nSPS) is 25.9. The van der Waals surface area contributed by atoms with Crippen molar-refractivity contribution in [2.24, 2.45) is 28.9 Å². The van der Waals surface area contributed by atoms with Crippen molar-refractivity contribution in [2.75, 3.05) is 19.6 Å². The summed E-state index contributed by atoms with van der Waals surface area (Å²) in [5.41, 5.74) is 5.69. The first-order valence-electron chi connectivity index (χ1n) is 8.30. The maximum Gasteiger partial charge on any atom is 0.230 e. The Morgan fingerprint density at radius 3 is 1.90 bits per heavy atom. The van der Waals surface area contributed by atoms with Gasteiger partial charge in [0, 0.05) is 19.6 Å². The van der Waals surface area contributed by atoms with Crippen molar-refractivity contribution in [3.05, 3.63) is 0 Å². The maximum atomic E-state index is 12.9. The maximum absolute atomic E-state index is 12.9. The van der Waals surface area contributed by atoms with E-state index in [1.165, 1.54) is 0 Å². The lowest BCUT2D eigenvalue weighted by molar-refractivity contribution is -0.150. The summed E-state index contributed by atoms with van der Waals surface area (Å²) in [7, 11) is 0. The predicted octanol–water partition coefficient (Wildman–Crippen LogP) is 3.28. The zero-order valence-electron chi connectivity index (χ0n) is 14.1. The quantitative estimate of drug-likeness (QED) is 0.742. The third kappa shape index (κ3) is 4.47. The highest BCUT2D eigenvalue weighted by Gasteiger charge is 2.48. The fourth-order valence-corrected chi connectivity index (χ4v) is 3.18. The predicted molar refractivity (Wildman–Crippen MR) is 85.4 cm³/mol. The number of rotatable bonds is 8. The first kappa shape index (κ1) is 17.5. The minimum atomic E-state index is -0.243. The number of carbonyl (C=O) groups is 1. The van der Waals surface area contributed by atoms with Gasteiger partial charge in [0.05, 0.1) is 5.41 Å². The van der Waals surface area contributed by atoms with Crippen molar-refractivity contribution in [3.8, 4) is 0 Å². The molecule has 1 fully saturated rings. The Morgan fingerprint density at radius 1 is 1.15 bits per heavy atom. The Labute approximate surface area is 125 Å². The fourth-order valence-electron chi connectivity index (χ4n) is 3.18. The highest BCUT2D eigenvalue weighted by Crippen LogP contribution is 2.46. The van der Waals surface area contributed by atoms with E-state index in [9.17, 15) is 4.79 Å². The molecule has 0 radical (unpaired) electrons. The van der Waals surface area contributed by atoms with Gasteiger partial charge in [0.2, 0.25) is 5.91 Å². The number of amides is 1. The van der Waals surface area contributed by atoms with Gasteiger partial charge in [-0.05, 0) is 43.4 Å². The summed E-state index contributed by atoms with van der Waals surface area (Å²) < 4.78 is 0. The molecule has 1 amide bonds. The number of nitrogens with zero attached hydrogens (tertiary/aromatic N) is 1. The molecule has 0 saturated heterocycles. The minimum absolute atomic E-state index is 0.243. The monoisotopic (exact) mass is 282 g/mol. The molecule has 0 aromatic carbocycles. The summed E-state index contributed by atoms with van der Waals surface area (Å²) in [6, 6.07) is 0. The van der Waals surface area contributed by atoms with Crippen LogP contribution in [-0.4, -0.2) is 30.4 Å². The molecule has 0 aromatic rings. The standard InChI is InChI=1S/C17H34N2O/c1-13(2)6-8-19(9-7-14(3)4)16(20)17(12-18)10-15(5)11-17/h13-15H,6-12,18H2,1-5H3. The van der Waals surface area contributed by atoms with Crippen LogP contribution in [0.4, 0.5) is 0 Å². The summed E-state index contributed by atoms with van der Waals surface area (Å²) >= 11 is 0. The largest absolute Gasteiger partial charge is 0.342 e. The minimum Gasteiger partial charge on any atom is -0.342 e. The van der Waals surface area contributed by atoms with Crippen LogP contribution in [0.25, 0.3) is 0 Å². The Morgan fingerprint density at radius 2 is 1.60 bits per heavy atom. The molecular weight excluding hydrogens is 248 g/mol. The first-order chi connectivity index (χ1) is 9.30. The first-order valence-corrected chi connectivity index (χ1v) is 8.30. The number of carbonyl (C=O) groups excluding carboxylic acids is 1. The third-order valence-corrected chi connectivity index (χ3v) is 4.56. The molecule has 118 valence electrons. The molecule has 0 aromatic heterocycles. The Hall–Kier alpha value is -0.570. The van der Waals surface area contributed by atoms with Crippen LogP contribution >= 0.6 is 0 Å². The van der Waals surface area contributed by atoms with Gasteiger partial charge < -0.3 is 10.6 Å². The number of nitrogens with two attached hydrogens (primary N) is 1. The van der Waals surface area contributed by atoms with E-state index in [0.717, 1.165) is 38.8 Å². The molecule has 0 atom stereocenters. The van der Waals surface area contributed by atoms with Gasteiger partial charge in [-0.25, -0.2) is 0 Å². The summed E-state index contributed by atoms with van der Waals surface area (Å²) in [6.45, 7) is 13.4. The van der Waals surface area contributed by atoms with Crippen LogP contribution in [0.5, 0.6) is 0 Å². The van der Waals surface area contributed by atoms with Gasteiger partial charge in [0.25, 0.3) is 0 Å². The lowest BCUT2D eigenvalue weighted by Crippen LogP contribution is -2.55. The van der Waals surface area contributed by atoms with Crippen LogP contribution in [0.1, 0.15) is 60.3 Å². The molecule has 0 bridgehead atoms. The van der Waals surface area contributed by atoms with Gasteiger partial charge in [-0.1, -0.05) is 34.6 Å². The second kappa shape index (κ2) is 7.44. The van der Waals surface area contributed by atoms with Gasteiger partial charge in [-0.15, -0.1) is 0 Å². The highest BCUT2D eigenvalue weighted by molar-refractivity contribution is 5.84. The van der Waals surface area contributed by atoms with Crippen LogP contribution in [0, 0.1) is 23.2 Å². The van der Waals surface area contributed by atoms with Gasteiger partial charge in [0.1, 0.15) is 0 Å². The van der Waals surface area contributed by atoms with E-state index in [1.54, 1.807) is 0 Å². The van der Waals surface area contributed by atoms with Crippen LogP contribution in [0.15, 0.2) is 0 Å². The SMILES string of the molecule is CC(C)CCN(CCC(C)C)C(=O)C1(CN)CC(C)C1. The van der Waals surface area contributed by atoms with Gasteiger partial charge in [-0.3, -0.25) is 4.79 Å². The lowest BCUT2D eigenvalue weighted by atomic mass is 9.61. The number of hydrogen-bond acceptors (Lipinski definition) is 2. The number of hydrogen-bond donors (Lipinski definition) is 1. The molecule has 0 aliphatic heterocycles. The molecule has 3 nitrogen and oxygen atoms in total. The van der Waals surface area contributed by atoms with Crippen molar-refractivity contribution < 1.29 is 4.79 Å². The fraction of sp³-hybridized carbons (Fsp3) is 0.941. The van der Waals surface area contributed by atoms with Crippen LogP contribution in [0.3, 0.4) is 0 Å². The summed E-state index contributed by atoms with van der Waals surface area (Å²) in [4.78, 5) is 15.0. The van der Waals surface area contributed by atoms with E-state index in [1.807, 2.05) is 0 Å². The molecular formula is C17H34N2O. The van der Waals surface area contributed by atoms with E-state index >= 15 is 0 Å². The molecule has 3 heteroatoms. The topological polar surface area (TPSA) is 46.3 Å². The Kier molecular flexibility index (Phi) is 6.50. The smallest absolute Gasteiger partial charge is 0.230 e. The molecule has 1 rings (SSSR count). The van der Waals surface area contributed by atoms with E-state index < -0.39 is 0 Å². The second-order valence-electron chi connectivity index (χ2n) is 7.66. The molecule has 1 saturated carbocycles. The molecule has 0 unspecified atom stereocenters. The van der Waals surface area contributed by atoms with Crippen LogP contribution in [-0.2, 0) is 4.79 Å². The zero-order chi connectivity index (χ0) is 15.3. The van der Waals surface area contributed by atoms with E-state index in [4.69, 9.17) is 5.73 Å². The summed E-state index contributed by atoms with van der Waals surface area (Å²) in [5, 5.41) is 0. The lowest BCUT2D eigenvalue weighted by Gasteiger charge is -2.47. The van der Waals surface area contributed by atoms with Crippen LogP contribution < -0.4 is 5.73 Å². The van der Waals surface area contributed by atoms with E-state index in [-0.39, 0.29) is 5.41 Å².